The molecule has 3 aromatic rings. The summed E-state index contributed by atoms with van der Waals surface area (Å²) in [6.07, 6.45) is 6.67. The van der Waals surface area contributed by atoms with Crippen molar-refractivity contribution in [3.05, 3.63) is 72.1 Å². The van der Waals surface area contributed by atoms with Gasteiger partial charge in [0, 0.05) is 37.9 Å². The number of nitrogens with zero attached hydrogens (tertiary/aromatic N) is 5. The van der Waals surface area contributed by atoms with E-state index < -0.39 is 24.5 Å². The minimum atomic E-state index is -1.14. The summed E-state index contributed by atoms with van der Waals surface area (Å²) >= 11 is 0. The molecule has 0 bridgehead atoms. The van der Waals surface area contributed by atoms with Crippen LogP contribution in [0.5, 0.6) is 0 Å². The van der Waals surface area contributed by atoms with E-state index in [9.17, 15) is 15.0 Å². The zero-order valence-electron chi connectivity index (χ0n) is 30.4. The van der Waals surface area contributed by atoms with Crippen LogP contribution in [0.2, 0.25) is 0 Å². The molecule has 0 radical (unpaired) electrons. The lowest BCUT2D eigenvalue weighted by molar-refractivity contribution is -0.0129. The van der Waals surface area contributed by atoms with Crippen LogP contribution < -0.4 is 26.2 Å². The average molecular weight is 701 g/mol. The summed E-state index contributed by atoms with van der Waals surface area (Å²) in [5.41, 5.74) is 10.4. The highest BCUT2D eigenvalue weighted by Crippen LogP contribution is 2.43. The summed E-state index contributed by atoms with van der Waals surface area (Å²) in [5, 5.41) is 28.7. The molecule has 1 saturated carbocycles. The van der Waals surface area contributed by atoms with Gasteiger partial charge in [-0.3, -0.25) is 4.90 Å². The van der Waals surface area contributed by atoms with Crippen LogP contribution in [-0.2, 0) is 16.7 Å². The third-order valence-electron chi connectivity index (χ3n) is 10.5. The quantitative estimate of drug-likeness (QED) is 0.169. The summed E-state index contributed by atoms with van der Waals surface area (Å²) < 4.78 is 6.53. The number of rotatable bonds is 11. The van der Waals surface area contributed by atoms with E-state index in [-0.39, 0.29) is 11.4 Å². The maximum absolute atomic E-state index is 12.7. The van der Waals surface area contributed by atoms with E-state index in [1.54, 1.807) is 0 Å². The van der Waals surface area contributed by atoms with Crippen molar-refractivity contribution in [1.29, 1.82) is 0 Å². The summed E-state index contributed by atoms with van der Waals surface area (Å²) in [4.78, 5) is 28.0. The van der Waals surface area contributed by atoms with Crippen LogP contribution in [0.1, 0.15) is 83.3 Å². The molecule has 4 atom stereocenters. The Morgan fingerprint density at radius 3 is 2.37 bits per heavy atom. The number of amides is 2. The SMILES string of the molecule is CC(C)(C)c1ccc(NC(=O)NCCCN(Cc2ccccc2)C[C@H]2O[C@@H](N3CN(C4CCCCCCC4)c4c(N)ncnc43)[C@H](O)[C@@H]2O)cc1. The fraction of sp³-hybridized carbons (Fsp3) is 0.564. The van der Waals surface area contributed by atoms with Crippen molar-refractivity contribution in [2.45, 2.75) is 115 Å². The molecular weight excluding hydrogens is 644 g/mol. The number of aliphatic hydroxyl groups excluding tert-OH is 2. The second kappa shape index (κ2) is 16.6. The fourth-order valence-corrected chi connectivity index (χ4v) is 7.62. The zero-order chi connectivity index (χ0) is 36.0. The molecule has 51 heavy (non-hydrogen) atoms. The summed E-state index contributed by atoms with van der Waals surface area (Å²) in [5.74, 6) is 1.06. The molecule has 3 heterocycles. The number of carbonyl (C=O) groups is 1. The Balaban J connectivity index is 1.08. The molecule has 2 aliphatic heterocycles. The van der Waals surface area contributed by atoms with E-state index in [1.165, 1.54) is 31.2 Å². The smallest absolute Gasteiger partial charge is 0.319 e. The van der Waals surface area contributed by atoms with Gasteiger partial charge >= 0.3 is 6.03 Å². The van der Waals surface area contributed by atoms with Gasteiger partial charge < -0.3 is 41.1 Å². The number of carbonyl (C=O) groups excluding carboxylic acids is 1. The van der Waals surface area contributed by atoms with E-state index in [2.05, 4.69) is 63.3 Å². The van der Waals surface area contributed by atoms with Gasteiger partial charge in [-0.1, -0.05) is 95.3 Å². The van der Waals surface area contributed by atoms with Gasteiger partial charge in [-0.25, -0.2) is 14.8 Å². The van der Waals surface area contributed by atoms with Crippen LogP contribution in [-0.4, -0.2) is 88.0 Å². The number of hydrogen-bond acceptors (Lipinski definition) is 10. The van der Waals surface area contributed by atoms with E-state index in [1.807, 2.05) is 47.4 Å². The Labute approximate surface area is 302 Å². The van der Waals surface area contributed by atoms with E-state index >= 15 is 0 Å². The lowest BCUT2D eigenvalue weighted by Crippen LogP contribution is -2.48. The van der Waals surface area contributed by atoms with Crippen molar-refractivity contribution in [1.82, 2.24) is 20.2 Å². The molecular formula is C39H56N8O4. The van der Waals surface area contributed by atoms with Gasteiger partial charge in [0.05, 0.1) is 6.67 Å². The highest BCUT2D eigenvalue weighted by molar-refractivity contribution is 5.89. The Kier molecular flexibility index (Phi) is 12.0. The number of ether oxygens (including phenoxy) is 1. The summed E-state index contributed by atoms with van der Waals surface area (Å²) in [6, 6.07) is 18.1. The number of aromatic nitrogens is 2. The van der Waals surface area contributed by atoms with E-state index in [4.69, 9.17) is 10.5 Å². The highest BCUT2D eigenvalue weighted by Gasteiger charge is 2.49. The predicted octanol–water partition coefficient (Wildman–Crippen LogP) is 5.21. The number of nitrogens with two attached hydrogens (primary N) is 1. The lowest BCUT2D eigenvalue weighted by atomic mass is 9.87. The van der Waals surface area contributed by atoms with Gasteiger partial charge in [0.25, 0.3) is 0 Å². The van der Waals surface area contributed by atoms with Gasteiger partial charge in [-0.15, -0.1) is 0 Å². The second-order valence-electron chi connectivity index (χ2n) is 15.3. The van der Waals surface area contributed by atoms with Crippen LogP contribution in [0.3, 0.4) is 0 Å². The third-order valence-corrected chi connectivity index (χ3v) is 10.5. The maximum atomic E-state index is 12.7. The molecule has 3 aliphatic rings. The Bertz CT molecular complexity index is 1560. The molecule has 1 aromatic heterocycles. The molecule has 6 N–H and O–H groups in total. The highest BCUT2D eigenvalue weighted by atomic mass is 16.6. The van der Waals surface area contributed by atoms with E-state index in [0.29, 0.717) is 56.9 Å². The molecule has 0 spiro atoms. The first kappa shape index (κ1) is 36.8. The van der Waals surface area contributed by atoms with Crippen LogP contribution in [0, 0.1) is 0 Å². The molecule has 12 nitrogen and oxygen atoms in total. The van der Waals surface area contributed by atoms with Crippen molar-refractivity contribution in [3.63, 3.8) is 0 Å². The molecule has 2 fully saturated rings. The lowest BCUT2D eigenvalue weighted by Gasteiger charge is -2.33. The fourth-order valence-electron chi connectivity index (χ4n) is 7.62. The second-order valence-corrected chi connectivity index (χ2v) is 15.3. The number of urea groups is 1. The van der Waals surface area contributed by atoms with Crippen molar-refractivity contribution < 1.29 is 19.7 Å². The molecule has 0 unspecified atom stereocenters. The molecule has 2 amide bonds. The summed E-state index contributed by atoms with van der Waals surface area (Å²) in [6.45, 7) is 9.10. The first-order chi connectivity index (χ1) is 24.6. The number of anilines is 4. The Morgan fingerprint density at radius 2 is 1.67 bits per heavy atom. The average Bonchev–Trinajstić information content (AvgIpc) is 3.60. The number of fused-ring (bicyclic) bond motifs is 1. The van der Waals surface area contributed by atoms with Crippen LogP contribution in [0.4, 0.5) is 27.8 Å². The zero-order valence-corrected chi connectivity index (χ0v) is 30.4. The van der Waals surface area contributed by atoms with Gasteiger partial charge in [0.15, 0.2) is 17.9 Å². The van der Waals surface area contributed by atoms with Gasteiger partial charge in [-0.05, 0) is 47.9 Å². The topological polar surface area (TPSA) is 152 Å². The van der Waals surface area contributed by atoms with Crippen molar-refractivity contribution >= 4 is 29.0 Å². The van der Waals surface area contributed by atoms with Crippen LogP contribution in [0.25, 0.3) is 0 Å². The standard InChI is InChI=1S/C39H56N8O4/c1-39(2,3)28-17-19-29(20-18-28)44-38(50)41-21-12-22-45(23-27-13-8-7-9-14-27)24-31-33(48)34(49)37(51-31)47-26-46(30-15-10-5-4-6-11-16-30)32-35(40)42-25-43-36(32)47/h7-9,13-14,17-20,25,30-31,33-34,37,48-49H,4-6,10-12,15-16,21-24,26H2,1-3H3,(H2,40,42,43)(H2,41,44,50)/t31-,33-,34-,37-/m1/s1. The van der Waals surface area contributed by atoms with Gasteiger partial charge in [0.1, 0.15) is 30.3 Å². The normalized spacial score (nSPS) is 22.9. The van der Waals surface area contributed by atoms with Crippen LogP contribution >= 0.6 is 0 Å². The van der Waals surface area contributed by atoms with Gasteiger partial charge in [0.2, 0.25) is 0 Å². The van der Waals surface area contributed by atoms with Crippen molar-refractivity contribution in [2.75, 3.05) is 47.2 Å². The molecule has 12 heteroatoms. The maximum Gasteiger partial charge on any atom is 0.319 e. The van der Waals surface area contributed by atoms with Crippen LogP contribution in [0.15, 0.2) is 60.9 Å². The van der Waals surface area contributed by atoms with Crippen molar-refractivity contribution in [3.8, 4) is 0 Å². The number of aliphatic hydroxyl groups is 2. The minimum absolute atomic E-state index is 0.0445. The number of nitrogen functional groups attached to an aromatic ring is 1. The largest absolute Gasteiger partial charge is 0.387 e. The van der Waals surface area contributed by atoms with Crippen molar-refractivity contribution in [2.24, 2.45) is 0 Å². The first-order valence-corrected chi connectivity index (χ1v) is 18.7. The number of benzene rings is 2. The number of hydrogen-bond donors (Lipinski definition) is 5. The first-order valence-electron chi connectivity index (χ1n) is 18.7. The molecule has 1 saturated heterocycles. The molecule has 6 rings (SSSR count). The minimum Gasteiger partial charge on any atom is -0.387 e. The Hall–Kier alpha value is -3.97. The predicted molar refractivity (Wildman–Crippen MR) is 202 cm³/mol. The van der Waals surface area contributed by atoms with E-state index in [0.717, 1.165) is 42.6 Å². The molecule has 1 aliphatic carbocycles. The number of nitrogens with one attached hydrogen (secondary N) is 2. The van der Waals surface area contributed by atoms with Gasteiger partial charge in [-0.2, -0.15) is 0 Å². The third kappa shape index (κ3) is 9.10. The Morgan fingerprint density at radius 1 is 0.961 bits per heavy atom. The molecule has 2 aromatic carbocycles. The summed E-state index contributed by atoms with van der Waals surface area (Å²) in [7, 11) is 0. The molecule has 276 valence electrons. The monoisotopic (exact) mass is 700 g/mol.